The van der Waals surface area contributed by atoms with E-state index in [1.54, 1.807) is 7.05 Å². The lowest BCUT2D eigenvalue weighted by Crippen LogP contribution is -2.42. The molecule has 0 saturated carbocycles. The molecule has 1 fully saturated rings. The zero-order valence-electron chi connectivity index (χ0n) is 12.0. The smallest absolute Gasteiger partial charge is 0.224 e. The Kier molecular flexibility index (Phi) is 5.05. The molecule has 0 spiro atoms. The molecule has 1 heterocycles. The molecule has 0 radical (unpaired) electrons. The highest BCUT2D eigenvalue weighted by Gasteiger charge is 2.25. The first-order valence-corrected chi connectivity index (χ1v) is 7.83. The lowest BCUT2D eigenvalue weighted by molar-refractivity contribution is -0.124. The summed E-state index contributed by atoms with van der Waals surface area (Å²) in [6.07, 6.45) is 2.01. The minimum absolute atomic E-state index is 0.0124. The number of piperidine rings is 1. The molecule has 5 heteroatoms. The maximum Gasteiger partial charge on any atom is 0.224 e. The second kappa shape index (κ2) is 6.59. The minimum Gasteiger partial charge on any atom is -0.371 e. The Labute approximate surface area is 128 Å². The topological polar surface area (TPSA) is 58.4 Å². The maximum absolute atomic E-state index is 11.8. The van der Waals surface area contributed by atoms with Crippen LogP contribution >= 0.6 is 15.9 Å². The molecule has 3 N–H and O–H groups in total. The van der Waals surface area contributed by atoms with E-state index in [-0.39, 0.29) is 17.9 Å². The van der Waals surface area contributed by atoms with Crippen molar-refractivity contribution in [1.82, 2.24) is 5.32 Å². The largest absolute Gasteiger partial charge is 0.371 e. The molecule has 1 aliphatic heterocycles. The lowest BCUT2D eigenvalue weighted by Gasteiger charge is -2.34. The molecular weight excluding hydrogens is 318 g/mol. The second-order valence-electron chi connectivity index (χ2n) is 5.39. The van der Waals surface area contributed by atoms with Gasteiger partial charge in [-0.2, -0.15) is 0 Å². The number of hydrogen-bond acceptors (Lipinski definition) is 3. The number of nitrogens with zero attached hydrogens (tertiary/aromatic N) is 1. The molecular formula is C15H22BrN3O. The molecule has 1 saturated heterocycles. The van der Waals surface area contributed by atoms with Crippen LogP contribution in [-0.4, -0.2) is 26.0 Å². The van der Waals surface area contributed by atoms with Crippen molar-refractivity contribution in [3.05, 3.63) is 28.2 Å². The Bertz CT molecular complexity index is 490. The third-order valence-corrected chi connectivity index (χ3v) is 4.57. The number of anilines is 1. The summed E-state index contributed by atoms with van der Waals surface area (Å²) in [5.41, 5.74) is 8.18. The Morgan fingerprint density at radius 1 is 1.55 bits per heavy atom. The van der Waals surface area contributed by atoms with Crippen molar-refractivity contribution >= 4 is 27.5 Å². The third kappa shape index (κ3) is 3.33. The molecule has 1 amide bonds. The van der Waals surface area contributed by atoms with Gasteiger partial charge in [-0.1, -0.05) is 22.0 Å². The molecule has 4 nitrogen and oxygen atoms in total. The molecule has 110 valence electrons. The highest BCUT2D eigenvalue weighted by Crippen LogP contribution is 2.30. The van der Waals surface area contributed by atoms with Gasteiger partial charge in [0.1, 0.15) is 0 Å². The predicted molar refractivity (Wildman–Crippen MR) is 85.7 cm³/mol. The van der Waals surface area contributed by atoms with Crippen LogP contribution in [0.2, 0.25) is 0 Å². The minimum atomic E-state index is 0.0124. The van der Waals surface area contributed by atoms with E-state index in [4.69, 9.17) is 5.73 Å². The zero-order chi connectivity index (χ0) is 14.7. The number of nitrogens with one attached hydrogen (secondary N) is 1. The molecule has 1 aliphatic rings. The number of amides is 1. The van der Waals surface area contributed by atoms with Crippen LogP contribution in [0.5, 0.6) is 0 Å². The molecule has 0 aromatic heterocycles. The second-order valence-corrected chi connectivity index (χ2v) is 6.25. The zero-order valence-corrected chi connectivity index (χ0v) is 13.6. The van der Waals surface area contributed by atoms with E-state index >= 15 is 0 Å². The standard InChI is InChI=1S/C15H22BrN3O/c1-10(17)13-6-5-12(8-14(13)16)19-7-3-4-11(9-19)15(20)18-2/h5-6,8,10-11H,3-4,7,9,17H2,1-2H3,(H,18,20)/t10-,11?/m0/s1. The number of carbonyl (C=O) groups is 1. The van der Waals surface area contributed by atoms with Crippen molar-refractivity contribution in [3.8, 4) is 0 Å². The molecule has 1 unspecified atom stereocenters. The molecule has 2 rings (SSSR count). The van der Waals surface area contributed by atoms with Crippen LogP contribution in [0.1, 0.15) is 31.4 Å². The average molecular weight is 340 g/mol. The molecule has 0 aliphatic carbocycles. The number of halogens is 1. The van der Waals surface area contributed by atoms with Gasteiger partial charge in [0.05, 0.1) is 5.92 Å². The van der Waals surface area contributed by atoms with Crippen molar-refractivity contribution in [2.45, 2.75) is 25.8 Å². The summed E-state index contributed by atoms with van der Waals surface area (Å²) in [4.78, 5) is 14.1. The van der Waals surface area contributed by atoms with Gasteiger partial charge in [-0.25, -0.2) is 0 Å². The van der Waals surface area contributed by atoms with E-state index in [1.807, 2.05) is 6.92 Å². The van der Waals surface area contributed by atoms with Crippen LogP contribution in [0.15, 0.2) is 22.7 Å². The Hall–Kier alpha value is -1.07. The van der Waals surface area contributed by atoms with Gasteiger partial charge in [0.25, 0.3) is 0 Å². The van der Waals surface area contributed by atoms with Crippen molar-refractivity contribution in [1.29, 1.82) is 0 Å². The summed E-state index contributed by atoms with van der Waals surface area (Å²) < 4.78 is 1.03. The van der Waals surface area contributed by atoms with E-state index in [0.717, 1.165) is 41.7 Å². The maximum atomic E-state index is 11.8. The normalized spacial score (nSPS) is 20.6. The SMILES string of the molecule is CNC(=O)C1CCCN(c2ccc([C@H](C)N)c(Br)c2)C1. The average Bonchev–Trinajstić information content (AvgIpc) is 2.46. The molecule has 0 bridgehead atoms. The van der Waals surface area contributed by atoms with Crippen LogP contribution in [0.3, 0.4) is 0 Å². The van der Waals surface area contributed by atoms with E-state index in [0.29, 0.717) is 0 Å². The van der Waals surface area contributed by atoms with Crippen LogP contribution in [-0.2, 0) is 4.79 Å². The van der Waals surface area contributed by atoms with Crippen LogP contribution in [0.25, 0.3) is 0 Å². The predicted octanol–water partition coefficient (Wildman–Crippen LogP) is 2.43. The first kappa shape index (κ1) is 15.3. The van der Waals surface area contributed by atoms with Crippen LogP contribution in [0.4, 0.5) is 5.69 Å². The van der Waals surface area contributed by atoms with E-state index in [1.165, 1.54) is 0 Å². The summed E-state index contributed by atoms with van der Waals surface area (Å²) in [6.45, 7) is 3.75. The fourth-order valence-corrected chi connectivity index (χ4v) is 3.44. The first-order chi connectivity index (χ1) is 9.52. The van der Waals surface area contributed by atoms with Crippen molar-refractivity contribution in [2.75, 3.05) is 25.0 Å². The number of nitrogens with two attached hydrogens (primary N) is 1. The van der Waals surface area contributed by atoms with Gasteiger partial charge in [0, 0.05) is 36.3 Å². The summed E-state index contributed by atoms with van der Waals surface area (Å²) in [5.74, 6) is 0.224. The number of rotatable bonds is 3. The summed E-state index contributed by atoms with van der Waals surface area (Å²) in [6, 6.07) is 6.27. The number of carbonyl (C=O) groups excluding carboxylic acids is 1. The molecule has 2 atom stereocenters. The van der Waals surface area contributed by atoms with Crippen molar-refractivity contribution in [3.63, 3.8) is 0 Å². The van der Waals surface area contributed by atoms with Crippen molar-refractivity contribution < 1.29 is 4.79 Å². The highest BCUT2D eigenvalue weighted by atomic mass is 79.9. The fraction of sp³-hybridized carbons (Fsp3) is 0.533. The van der Waals surface area contributed by atoms with Gasteiger partial charge in [-0.3, -0.25) is 4.79 Å². The van der Waals surface area contributed by atoms with Crippen molar-refractivity contribution in [2.24, 2.45) is 11.7 Å². The third-order valence-electron chi connectivity index (χ3n) is 3.88. The summed E-state index contributed by atoms with van der Waals surface area (Å²) in [7, 11) is 1.70. The van der Waals surface area contributed by atoms with Gasteiger partial charge in [0.15, 0.2) is 0 Å². The number of hydrogen-bond donors (Lipinski definition) is 2. The Morgan fingerprint density at radius 3 is 2.90 bits per heavy atom. The summed E-state index contributed by atoms with van der Waals surface area (Å²) in [5, 5.41) is 2.75. The van der Waals surface area contributed by atoms with Gasteiger partial charge in [-0.05, 0) is 37.5 Å². The molecule has 1 aromatic carbocycles. The lowest BCUT2D eigenvalue weighted by atomic mass is 9.96. The molecule has 20 heavy (non-hydrogen) atoms. The van der Waals surface area contributed by atoms with Gasteiger partial charge >= 0.3 is 0 Å². The van der Waals surface area contributed by atoms with E-state index in [9.17, 15) is 4.79 Å². The Balaban J connectivity index is 2.15. The monoisotopic (exact) mass is 339 g/mol. The Morgan fingerprint density at radius 2 is 2.30 bits per heavy atom. The fourth-order valence-electron chi connectivity index (χ4n) is 2.71. The number of benzene rings is 1. The van der Waals surface area contributed by atoms with Crippen LogP contribution < -0.4 is 16.0 Å². The molecule has 1 aromatic rings. The van der Waals surface area contributed by atoms with Gasteiger partial charge in [0.2, 0.25) is 5.91 Å². The van der Waals surface area contributed by atoms with E-state index < -0.39 is 0 Å². The van der Waals surface area contributed by atoms with E-state index in [2.05, 4.69) is 44.3 Å². The quantitative estimate of drug-likeness (QED) is 0.889. The van der Waals surface area contributed by atoms with Gasteiger partial charge < -0.3 is 16.0 Å². The van der Waals surface area contributed by atoms with Crippen LogP contribution in [0, 0.1) is 5.92 Å². The van der Waals surface area contributed by atoms with Gasteiger partial charge in [-0.15, -0.1) is 0 Å². The summed E-state index contributed by atoms with van der Waals surface area (Å²) >= 11 is 3.59. The highest BCUT2D eigenvalue weighted by molar-refractivity contribution is 9.10. The first-order valence-electron chi connectivity index (χ1n) is 7.04.